The number of para-hydroxylation sites is 1. The lowest BCUT2D eigenvalue weighted by atomic mass is 10.1. The molecule has 2 aromatic carbocycles. The summed E-state index contributed by atoms with van der Waals surface area (Å²) in [6, 6.07) is 15.0. The average molecular weight is 289 g/mol. The van der Waals surface area contributed by atoms with Gasteiger partial charge in [0.05, 0.1) is 12.8 Å². The molecule has 0 aliphatic heterocycles. The fourth-order valence-corrected chi connectivity index (χ4v) is 2.27. The molecule has 1 aromatic heterocycles. The molecule has 0 fully saturated rings. The maximum absolute atomic E-state index is 8.77. The van der Waals surface area contributed by atoms with Crippen LogP contribution in [0.5, 0.6) is 5.75 Å². The smallest absolute Gasteiger partial charge is 0.145 e. The molecule has 22 heavy (non-hydrogen) atoms. The van der Waals surface area contributed by atoms with Crippen molar-refractivity contribution in [3.63, 3.8) is 0 Å². The van der Waals surface area contributed by atoms with Gasteiger partial charge in [0, 0.05) is 23.0 Å². The molecule has 0 radical (unpaired) electrons. The summed E-state index contributed by atoms with van der Waals surface area (Å²) in [4.78, 5) is 0. The molecule has 0 saturated carbocycles. The monoisotopic (exact) mass is 289 g/mol. The van der Waals surface area contributed by atoms with Gasteiger partial charge < -0.3 is 14.5 Å². The van der Waals surface area contributed by atoms with Crippen LogP contribution < -0.4 is 10.1 Å². The lowest BCUT2D eigenvalue weighted by Gasteiger charge is -2.08. The van der Waals surface area contributed by atoms with Crippen molar-refractivity contribution < 1.29 is 9.15 Å². The van der Waals surface area contributed by atoms with E-state index in [1.807, 2.05) is 30.3 Å². The van der Waals surface area contributed by atoms with E-state index in [1.54, 1.807) is 25.3 Å². The topological polar surface area (TPSA) is 82.0 Å². The first-order chi connectivity index (χ1) is 10.8. The molecule has 5 heteroatoms. The van der Waals surface area contributed by atoms with Crippen molar-refractivity contribution in [2.45, 2.75) is 0 Å². The van der Waals surface area contributed by atoms with Crippen molar-refractivity contribution in [3.8, 4) is 17.9 Å². The first-order valence-corrected chi connectivity index (χ1v) is 6.53. The lowest BCUT2D eigenvalue weighted by molar-refractivity contribution is 0.417. The molecule has 0 unspecified atom stereocenters. The third kappa shape index (κ3) is 2.21. The van der Waals surface area contributed by atoms with Crippen molar-refractivity contribution in [2.75, 3.05) is 12.4 Å². The number of benzene rings is 2. The maximum Gasteiger partial charge on any atom is 0.145 e. The normalized spacial score (nSPS) is 9.95. The summed E-state index contributed by atoms with van der Waals surface area (Å²) in [6.45, 7) is 0. The highest BCUT2D eigenvalue weighted by atomic mass is 16.5. The van der Waals surface area contributed by atoms with E-state index in [4.69, 9.17) is 19.7 Å². The van der Waals surface area contributed by atoms with Gasteiger partial charge in [-0.05, 0) is 12.1 Å². The first-order valence-electron chi connectivity index (χ1n) is 6.53. The number of ether oxygens (including phenoxy) is 1. The van der Waals surface area contributed by atoms with Crippen LogP contribution in [0.25, 0.3) is 21.9 Å². The Balaban J connectivity index is 2.15. The Bertz CT molecular complexity index is 955. The molecule has 0 aliphatic carbocycles. The Morgan fingerprint density at radius 3 is 2.64 bits per heavy atom. The third-order valence-electron chi connectivity index (χ3n) is 3.31. The third-order valence-corrected chi connectivity index (χ3v) is 3.31. The van der Waals surface area contributed by atoms with Gasteiger partial charge in [0.15, 0.2) is 0 Å². The number of furan rings is 1. The van der Waals surface area contributed by atoms with Crippen molar-refractivity contribution in [2.24, 2.45) is 0 Å². The summed E-state index contributed by atoms with van der Waals surface area (Å²) >= 11 is 0. The number of nitriles is 2. The number of fused-ring (bicyclic) bond motifs is 3. The van der Waals surface area contributed by atoms with Gasteiger partial charge in [-0.15, -0.1) is 0 Å². The Kier molecular flexibility index (Phi) is 3.39. The summed E-state index contributed by atoms with van der Waals surface area (Å²) < 4.78 is 11.2. The molecule has 0 amide bonds. The molecule has 3 rings (SSSR count). The molecule has 106 valence electrons. The molecule has 0 bridgehead atoms. The van der Waals surface area contributed by atoms with Crippen LogP contribution in [0.15, 0.2) is 52.6 Å². The van der Waals surface area contributed by atoms with Crippen LogP contribution in [-0.2, 0) is 0 Å². The fourth-order valence-electron chi connectivity index (χ4n) is 2.27. The molecule has 0 atom stereocenters. The lowest BCUT2D eigenvalue weighted by Crippen LogP contribution is -1.94. The Hall–Kier alpha value is -3.44. The minimum atomic E-state index is -0.0215. The first kappa shape index (κ1) is 13.5. The quantitative estimate of drug-likeness (QED) is 0.738. The van der Waals surface area contributed by atoms with E-state index in [0.29, 0.717) is 17.0 Å². The minimum Gasteiger partial charge on any atom is -0.495 e. The van der Waals surface area contributed by atoms with Gasteiger partial charge >= 0.3 is 0 Å². The summed E-state index contributed by atoms with van der Waals surface area (Å²) in [5.74, 6) is 0.602. The molecule has 1 N–H and O–H groups in total. The van der Waals surface area contributed by atoms with E-state index in [-0.39, 0.29) is 5.57 Å². The molecule has 1 heterocycles. The van der Waals surface area contributed by atoms with Crippen LogP contribution in [0.4, 0.5) is 5.69 Å². The number of hydrogen-bond acceptors (Lipinski definition) is 5. The summed E-state index contributed by atoms with van der Waals surface area (Å²) in [7, 11) is 1.56. The highest BCUT2D eigenvalue weighted by Gasteiger charge is 2.11. The summed E-state index contributed by atoms with van der Waals surface area (Å²) in [5.41, 5.74) is 2.10. The van der Waals surface area contributed by atoms with Gasteiger partial charge in [0.25, 0.3) is 0 Å². The second-order valence-corrected chi connectivity index (χ2v) is 4.57. The van der Waals surface area contributed by atoms with E-state index in [2.05, 4.69) is 5.32 Å². The van der Waals surface area contributed by atoms with E-state index >= 15 is 0 Å². The van der Waals surface area contributed by atoms with Crippen LogP contribution in [0.3, 0.4) is 0 Å². The van der Waals surface area contributed by atoms with Gasteiger partial charge in [0.1, 0.15) is 34.6 Å². The second-order valence-electron chi connectivity index (χ2n) is 4.57. The maximum atomic E-state index is 8.77. The van der Waals surface area contributed by atoms with Gasteiger partial charge in [-0.25, -0.2) is 0 Å². The van der Waals surface area contributed by atoms with Crippen molar-refractivity contribution in [1.82, 2.24) is 0 Å². The molecule has 0 aliphatic rings. The summed E-state index contributed by atoms with van der Waals surface area (Å²) in [6.07, 6.45) is 1.34. The van der Waals surface area contributed by atoms with Crippen LogP contribution in [0.1, 0.15) is 0 Å². The Morgan fingerprint density at radius 1 is 1.14 bits per heavy atom. The molecule has 3 aromatic rings. The van der Waals surface area contributed by atoms with Gasteiger partial charge in [-0.3, -0.25) is 0 Å². The number of rotatable bonds is 3. The number of anilines is 1. The standard InChI is InChI=1S/C17H11N3O2/c1-21-17-6-13-12-4-2-3-5-15(12)22-16(13)7-14(17)20-10-11(8-18)9-19/h2-7,10,20H,1H3. The molecule has 0 saturated heterocycles. The van der Waals surface area contributed by atoms with E-state index < -0.39 is 0 Å². The van der Waals surface area contributed by atoms with Gasteiger partial charge in [-0.1, -0.05) is 18.2 Å². The highest BCUT2D eigenvalue weighted by Crippen LogP contribution is 2.36. The number of methoxy groups -OCH3 is 1. The van der Waals surface area contributed by atoms with Crippen molar-refractivity contribution >= 4 is 27.6 Å². The average Bonchev–Trinajstić information content (AvgIpc) is 2.92. The van der Waals surface area contributed by atoms with Crippen LogP contribution >= 0.6 is 0 Å². The van der Waals surface area contributed by atoms with E-state index in [0.717, 1.165) is 16.4 Å². The van der Waals surface area contributed by atoms with Crippen molar-refractivity contribution in [1.29, 1.82) is 10.5 Å². The minimum absolute atomic E-state index is 0.0215. The van der Waals surface area contributed by atoms with Gasteiger partial charge in [-0.2, -0.15) is 10.5 Å². The number of hydrogen-bond donors (Lipinski definition) is 1. The zero-order valence-corrected chi connectivity index (χ0v) is 11.8. The Morgan fingerprint density at radius 2 is 1.91 bits per heavy atom. The van der Waals surface area contributed by atoms with Crippen LogP contribution in [0, 0.1) is 22.7 Å². The molecular formula is C17H11N3O2. The SMILES string of the molecule is COc1cc2c(cc1NC=C(C#N)C#N)oc1ccccc12. The largest absolute Gasteiger partial charge is 0.495 e. The second kappa shape index (κ2) is 5.51. The van der Waals surface area contributed by atoms with E-state index in [1.165, 1.54) is 6.20 Å². The highest BCUT2D eigenvalue weighted by molar-refractivity contribution is 6.06. The summed E-state index contributed by atoms with van der Waals surface area (Å²) in [5, 5.41) is 22.4. The zero-order chi connectivity index (χ0) is 15.5. The molecular weight excluding hydrogens is 278 g/mol. The van der Waals surface area contributed by atoms with Crippen molar-refractivity contribution in [3.05, 3.63) is 48.2 Å². The number of nitrogens with one attached hydrogen (secondary N) is 1. The zero-order valence-electron chi connectivity index (χ0n) is 11.8. The van der Waals surface area contributed by atoms with Crippen LogP contribution in [0.2, 0.25) is 0 Å². The predicted molar refractivity (Wildman–Crippen MR) is 83.2 cm³/mol. The van der Waals surface area contributed by atoms with E-state index in [9.17, 15) is 0 Å². The number of nitrogens with zero attached hydrogens (tertiary/aromatic N) is 2. The molecule has 5 nitrogen and oxygen atoms in total. The fraction of sp³-hybridized carbons (Fsp3) is 0.0588. The van der Waals surface area contributed by atoms with Crippen LogP contribution in [-0.4, -0.2) is 7.11 Å². The Labute approximate surface area is 126 Å². The predicted octanol–water partition coefficient (Wildman–Crippen LogP) is 3.94. The van der Waals surface area contributed by atoms with Gasteiger partial charge in [0.2, 0.25) is 0 Å². The number of allylic oxidation sites excluding steroid dienone is 1. The molecule has 0 spiro atoms.